The minimum atomic E-state index is -0.983. The van der Waals surface area contributed by atoms with E-state index in [2.05, 4.69) is 22.5 Å². The third-order valence-corrected chi connectivity index (χ3v) is 4.34. The van der Waals surface area contributed by atoms with Crippen LogP contribution in [0.1, 0.15) is 46.5 Å². The third kappa shape index (κ3) is 5.91. The van der Waals surface area contributed by atoms with Gasteiger partial charge >= 0.3 is 12.0 Å². The number of rotatable bonds is 7. The molecule has 0 radical (unpaired) electrons. The SMILES string of the molecule is CC[C@H](C)[C@H](NC(=O)NCC(C)N1CCCCC1)C(=O)O. The first kappa shape index (κ1) is 17.8. The van der Waals surface area contributed by atoms with Gasteiger partial charge in [0, 0.05) is 12.6 Å². The van der Waals surface area contributed by atoms with Gasteiger partial charge in [-0.05, 0) is 38.8 Å². The van der Waals surface area contributed by atoms with Crippen molar-refractivity contribution in [3.8, 4) is 0 Å². The Kier molecular flexibility index (Phi) is 7.50. The van der Waals surface area contributed by atoms with E-state index in [4.69, 9.17) is 5.11 Å². The van der Waals surface area contributed by atoms with E-state index in [1.165, 1.54) is 19.3 Å². The molecule has 2 amide bonds. The first-order valence-electron chi connectivity index (χ1n) is 7.97. The number of nitrogens with one attached hydrogen (secondary N) is 2. The molecule has 6 nitrogen and oxygen atoms in total. The molecule has 122 valence electrons. The van der Waals surface area contributed by atoms with E-state index < -0.39 is 18.0 Å². The van der Waals surface area contributed by atoms with E-state index in [9.17, 15) is 9.59 Å². The van der Waals surface area contributed by atoms with Crippen molar-refractivity contribution in [3.63, 3.8) is 0 Å². The molecule has 0 spiro atoms. The van der Waals surface area contributed by atoms with Crippen LogP contribution >= 0.6 is 0 Å². The normalized spacial score (nSPS) is 20.3. The first-order valence-corrected chi connectivity index (χ1v) is 7.97. The number of amides is 2. The molecule has 1 aliphatic rings. The van der Waals surface area contributed by atoms with E-state index in [1.807, 2.05) is 13.8 Å². The van der Waals surface area contributed by atoms with Crippen molar-refractivity contribution < 1.29 is 14.7 Å². The molecule has 1 unspecified atom stereocenters. The number of carboxylic acids is 1. The van der Waals surface area contributed by atoms with Gasteiger partial charge < -0.3 is 15.7 Å². The zero-order valence-corrected chi connectivity index (χ0v) is 13.4. The van der Waals surface area contributed by atoms with Gasteiger partial charge in [0.05, 0.1) is 0 Å². The molecular weight excluding hydrogens is 270 g/mol. The van der Waals surface area contributed by atoms with Crippen LogP contribution in [-0.4, -0.2) is 53.7 Å². The van der Waals surface area contributed by atoms with Crippen molar-refractivity contribution in [2.45, 2.75) is 58.5 Å². The van der Waals surface area contributed by atoms with Crippen LogP contribution in [-0.2, 0) is 4.79 Å². The lowest BCUT2D eigenvalue weighted by Crippen LogP contribution is -2.52. The smallest absolute Gasteiger partial charge is 0.326 e. The Balaban J connectivity index is 2.36. The quantitative estimate of drug-likeness (QED) is 0.668. The second-order valence-corrected chi connectivity index (χ2v) is 6.00. The van der Waals surface area contributed by atoms with Gasteiger partial charge in [-0.2, -0.15) is 0 Å². The number of nitrogens with zero attached hydrogens (tertiary/aromatic N) is 1. The molecule has 3 atom stereocenters. The number of carboxylic acid groups (broad SMARTS) is 1. The second kappa shape index (κ2) is 8.87. The first-order chi connectivity index (χ1) is 9.95. The molecule has 1 aliphatic heterocycles. The zero-order chi connectivity index (χ0) is 15.8. The summed E-state index contributed by atoms with van der Waals surface area (Å²) in [5.41, 5.74) is 0. The Morgan fingerprint density at radius 1 is 1.19 bits per heavy atom. The number of aliphatic carboxylic acids is 1. The van der Waals surface area contributed by atoms with Gasteiger partial charge in [0.1, 0.15) is 6.04 Å². The van der Waals surface area contributed by atoms with E-state index in [0.717, 1.165) is 13.1 Å². The number of likely N-dealkylation sites (tertiary alicyclic amines) is 1. The summed E-state index contributed by atoms with van der Waals surface area (Å²) in [6.07, 6.45) is 4.42. The highest BCUT2D eigenvalue weighted by Gasteiger charge is 2.25. The average Bonchev–Trinajstić information content (AvgIpc) is 2.50. The highest BCUT2D eigenvalue weighted by Crippen LogP contribution is 2.11. The molecule has 0 saturated carbocycles. The highest BCUT2D eigenvalue weighted by atomic mass is 16.4. The Hall–Kier alpha value is -1.30. The van der Waals surface area contributed by atoms with Crippen molar-refractivity contribution in [1.82, 2.24) is 15.5 Å². The fourth-order valence-electron chi connectivity index (χ4n) is 2.60. The van der Waals surface area contributed by atoms with Crippen LogP contribution in [0.2, 0.25) is 0 Å². The number of piperidine rings is 1. The van der Waals surface area contributed by atoms with Gasteiger partial charge in [-0.15, -0.1) is 0 Å². The topological polar surface area (TPSA) is 81.7 Å². The molecule has 1 rings (SSSR count). The van der Waals surface area contributed by atoms with Gasteiger partial charge in [0.25, 0.3) is 0 Å². The predicted molar refractivity (Wildman–Crippen MR) is 82.3 cm³/mol. The molecule has 1 heterocycles. The molecule has 0 aliphatic carbocycles. The summed E-state index contributed by atoms with van der Waals surface area (Å²) in [6.45, 7) is 8.53. The minimum absolute atomic E-state index is 0.0900. The summed E-state index contributed by atoms with van der Waals surface area (Å²) in [4.78, 5) is 25.4. The molecule has 6 heteroatoms. The van der Waals surface area contributed by atoms with Crippen LogP contribution in [0, 0.1) is 5.92 Å². The van der Waals surface area contributed by atoms with E-state index in [0.29, 0.717) is 13.0 Å². The molecule has 0 aromatic rings. The zero-order valence-electron chi connectivity index (χ0n) is 13.4. The maximum absolute atomic E-state index is 11.9. The second-order valence-electron chi connectivity index (χ2n) is 6.00. The molecule has 0 aromatic carbocycles. The maximum Gasteiger partial charge on any atom is 0.326 e. The summed E-state index contributed by atoms with van der Waals surface area (Å²) in [5, 5.41) is 14.5. The van der Waals surface area contributed by atoms with E-state index in [-0.39, 0.29) is 12.0 Å². The molecule has 1 saturated heterocycles. The monoisotopic (exact) mass is 299 g/mol. The van der Waals surface area contributed by atoms with Gasteiger partial charge in [-0.1, -0.05) is 26.7 Å². The summed E-state index contributed by atoms with van der Waals surface area (Å²) in [5.74, 6) is -1.07. The van der Waals surface area contributed by atoms with Gasteiger partial charge in [-0.3, -0.25) is 4.90 Å². The van der Waals surface area contributed by atoms with Gasteiger partial charge in [0.15, 0.2) is 0 Å². The van der Waals surface area contributed by atoms with Gasteiger partial charge in [-0.25, -0.2) is 9.59 Å². The number of hydrogen-bond acceptors (Lipinski definition) is 3. The van der Waals surface area contributed by atoms with Crippen molar-refractivity contribution in [3.05, 3.63) is 0 Å². The van der Waals surface area contributed by atoms with Crippen LogP contribution in [0.4, 0.5) is 4.79 Å². The standard InChI is InChI=1S/C15H29N3O3/c1-4-11(2)13(14(19)20)17-15(21)16-10-12(3)18-8-6-5-7-9-18/h11-13H,4-10H2,1-3H3,(H,19,20)(H2,16,17,21)/t11-,12?,13-/m0/s1. The van der Waals surface area contributed by atoms with Crippen LogP contribution in [0.3, 0.4) is 0 Å². The lowest BCUT2D eigenvalue weighted by atomic mass is 9.99. The van der Waals surface area contributed by atoms with Crippen LogP contribution in [0.5, 0.6) is 0 Å². The molecule has 21 heavy (non-hydrogen) atoms. The summed E-state index contributed by atoms with van der Waals surface area (Å²) < 4.78 is 0. The average molecular weight is 299 g/mol. The Labute approximate surface area is 127 Å². The summed E-state index contributed by atoms with van der Waals surface area (Å²) in [6, 6.07) is -0.949. The number of carbonyl (C=O) groups excluding carboxylic acids is 1. The van der Waals surface area contributed by atoms with Crippen molar-refractivity contribution in [2.75, 3.05) is 19.6 Å². The van der Waals surface area contributed by atoms with Gasteiger partial charge in [0.2, 0.25) is 0 Å². The predicted octanol–water partition coefficient (Wildman–Crippen LogP) is 1.66. The fourth-order valence-corrected chi connectivity index (χ4v) is 2.60. The Morgan fingerprint density at radius 2 is 1.81 bits per heavy atom. The van der Waals surface area contributed by atoms with Crippen molar-refractivity contribution in [2.24, 2.45) is 5.92 Å². The minimum Gasteiger partial charge on any atom is -0.480 e. The van der Waals surface area contributed by atoms with Crippen LogP contribution < -0.4 is 10.6 Å². The van der Waals surface area contributed by atoms with Crippen LogP contribution in [0.25, 0.3) is 0 Å². The summed E-state index contributed by atoms with van der Waals surface area (Å²) in [7, 11) is 0. The van der Waals surface area contributed by atoms with Crippen LogP contribution in [0.15, 0.2) is 0 Å². The lowest BCUT2D eigenvalue weighted by molar-refractivity contribution is -0.140. The maximum atomic E-state index is 11.9. The van der Waals surface area contributed by atoms with E-state index in [1.54, 1.807) is 0 Å². The lowest BCUT2D eigenvalue weighted by Gasteiger charge is -2.32. The molecule has 1 fully saturated rings. The Bertz CT molecular complexity index is 343. The number of carbonyl (C=O) groups is 2. The van der Waals surface area contributed by atoms with Crippen molar-refractivity contribution >= 4 is 12.0 Å². The number of urea groups is 1. The largest absolute Gasteiger partial charge is 0.480 e. The number of hydrogen-bond donors (Lipinski definition) is 3. The Morgan fingerprint density at radius 3 is 2.33 bits per heavy atom. The third-order valence-electron chi connectivity index (χ3n) is 4.34. The molecule has 0 bridgehead atoms. The fraction of sp³-hybridized carbons (Fsp3) is 0.867. The molecular formula is C15H29N3O3. The molecule has 0 aromatic heterocycles. The molecule has 3 N–H and O–H groups in total. The van der Waals surface area contributed by atoms with Crippen molar-refractivity contribution in [1.29, 1.82) is 0 Å². The summed E-state index contributed by atoms with van der Waals surface area (Å²) >= 11 is 0. The van der Waals surface area contributed by atoms with E-state index >= 15 is 0 Å². The highest BCUT2D eigenvalue weighted by molar-refractivity contribution is 5.82.